The molecule has 3 N–H and O–H groups in total. The monoisotopic (exact) mass is 379 g/mol. The molecule has 9 heteroatoms. The lowest BCUT2D eigenvalue weighted by Crippen LogP contribution is -2.24. The van der Waals surface area contributed by atoms with Crippen molar-refractivity contribution in [3.63, 3.8) is 0 Å². The first-order chi connectivity index (χ1) is 9.29. The largest absolute Gasteiger partial charge is 0.398 e. The molecule has 0 spiro atoms. The molecule has 0 aliphatic rings. The van der Waals surface area contributed by atoms with Crippen LogP contribution in [-0.2, 0) is 16.6 Å². The van der Waals surface area contributed by atoms with Crippen LogP contribution in [0, 0.1) is 12.7 Å². The molecule has 0 unspecified atom stereocenters. The number of anilines is 1. The highest BCUT2D eigenvalue weighted by Crippen LogP contribution is 2.26. The van der Waals surface area contributed by atoms with Crippen molar-refractivity contribution in [1.82, 2.24) is 9.71 Å². The second-order valence-electron chi connectivity index (χ2n) is 3.99. The summed E-state index contributed by atoms with van der Waals surface area (Å²) in [6.07, 6.45) is 1.66. The lowest BCUT2D eigenvalue weighted by atomic mass is 10.3. The van der Waals surface area contributed by atoms with Gasteiger partial charge < -0.3 is 5.73 Å². The van der Waals surface area contributed by atoms with Crippen molar-refractivity contribution in [3.05, 3.63) is 38.5 Å². The van der Waals surface area contributed by atoms with Crippen LogP contribution in [0.4, 0.5) is 10.1 Å². The first-order valence-corrected chi connectivity index (χ1v) is 8.54. The van der Waals surface area contributed by atoms with E-state index in [9.17, 15) is 12.8 Å². The molecule has 0 bridgehead atoms. The van der Waals surface area contributed by atoms with Crippen LogP contribution in [0.15, 0.2) is 27.7 Å². The number of thiazole rings is 1. The molecule has 1 heterocycles. The fraction of sp³-hybridized carbons (Fsp3) is 0.182. The topological polar surface area (TPSA) is 85.1 Å². The van der Waals surface area contributed by atoms with E-state index in [-0.39, 0.29) is 21.6 Å². The number of aromatic nitrogens is 1. The molecule has 0 radical (unpaired) electrons. The Balaban J connectivity index is 2.24. The third-order valence-electron chi connectivity index (χ3n) is 2.42. The molecule has 1 aromatic heterocycles. The van der Waals surface area contributed by atoms with Gasteiger partial charge in [-0.15, -0.1) is 11.3 Å². The maximum absolute atomic E-state index is 13.3. The molecule has 1 aromatic carbocycles. The van der Waals surface area contributed by atoms with Gasteiger partial charge in [-0.2, -0.15) is 0 Å². The minimum Gasteiger partial charge on any atom is -0.398 e. The molecule has 0 saturated heterocycles. The van der Waals surface area contributed by atoms with Crippen LogP contribution in [0.2, 0.25) is 0 Å². The van der Waals surface area contributed by atoms with Gasteiger partial charge in [-0.3, -0.25) is 0 Å². The standard InChI is InChI=1S/C11H11BrFN3O2S2/c1-6-4-15-11(19-6)5-16-20(17,18)10-2-7(12)8(13)3-9(10)14/h2-4,16H,5,14H2,1H3. The maximum atomic E-state index is 13.3. The average molecular weight is 380 g/mol. The molecule has 0 aliphatic carbocycles. The molecular formula is C11H11BrFN3O2S2. The van der Waals surface area contributed by atoms with Crippen molar-refractivity contribution in [2.45, 2.75) is 18.4 Å². The van der Waals surface area contributed by atoms with Gasteiger partial charge in [0.15, 0.2) is 0 Å². The molecule has 108 valence electrons. The smallest absolute Gasteiger partial charge is 0.243 e. The van der Waals surface area contributed by atoms with E-state index >= 15 is 0 Å². The minimum atomic E-state index is -3.82. The second kappa shape index (κ2) is 5.76. The van der Waals surface area contributed by atoms with Crippen molar-refractivity contribution in [3.8, 4) is 0 Å². The van der Waals surface area contributed by atoms with Crippen molar-refractivity contribution in [2.24, 2.45) is 0 Å². The van der Waals surface area contributed by atoms with Gasteiger partial charge >= 0.3 is 0 Å². The lowest BCUT2D eigenvalue weighted by molar-refractivity contribution is 0.580. The third kappa shape index (κ3) is 3.35. The normalized spacial score (nSPS) is 11.8. The molecule has 2 rings (SSSR count). The number of nitrogens with one attached hydrogen (secondary N) is 1. The molecule has 0 aliphatic heterocycles. The van der Waals surface area contributed by atoms with E-state index in [0.29, 0.717) is 5.01 Å². The highest BCUT2D eigenvalue weighted by Gasteiger charge is 2.20. The first kappa shape index (κ1) is 15.4. The van der Waals surface area contributed by atoms with Gasteiger partial charge in [0, 0.05) is 11.1 Å². The van der Waals surface area contributed by atoms with Crippen LogP contribution in [-0.4, -0.2) is 13.4 Å². The summed E-state index contributed by atoms with van der Waals surface area (Å²) in [6, 6.07) is 2.10. The zero-order chi connectivity index (χ0) is 14.9. The van der Waals surface area contributed by atoms with Gasteiger partial charge in [0.1, 0.15) is 15.7 Å². The number of hydrogen-bond donors (Lipinski definition) is 2. The average Bonchev–Trinajstić information content (AvgIpc) is 2.77. The number of aryl methyl sites for hydroxylation is 1. The summed E-state index contributed by atoms with van der Waals surface area (Å²) >= 11 is 4.33. The molecular weight excluding hydrogens is 369 g/mol. The van der Waals surface area contributed by atoms with E-state index in [1.165, 1.54) is 11.3 Å². The van der Waals surface area contributed by atoms with Crippen molar-refractivity contribution >= 4 is 43.0 Å². The quantitative estimate of drug-likeness (QED) is 0.798. The van der Waals surface area contributed by atoms with Gasteiger partial charge in [-0.1, -0.05) is 0 Å². The minimum absolute atomic E-state index is 0.0390. The molecule has 0 fully saturated rings. The summed E-state index contributed by atoms with van der Waals surface area (Å²) in [4.78, 5) is 4.88. The van der Waals surface area contributed by atoms with Crippen LogP contribution < -0.4 is 10.5 Å². The van der Waals surface area contributed by atoms with Gasteiger partial charge in [-0.05, 0) is 35.0 Å². The summed E-state index contributed by atoms with van der Waals surface area (Å²) in [5.74, 6) is -0.614. The summed E-state index contributed by atoms with van der Waals surface area (Å²) in [5, 5.41) is 0.644. The number of nitrogens with two attached hydrogens (primary N) is 1. The van der Waals surface area contributed by atoms with E-state index in [4.69, 9.17) is 5.73 Å². The van der Waals surface area contributed by atoms with Crippen LogP contribution in [0.3, 0.4) is 0 Å². The number of halogens is 2. The number of sulfonamides is 1. The Kier molecular flexibility index (Phi) is 4.43. The van der Waals surface area contributed by atoms with Gasteiger partial charge in [-0.25, -0.2) is 22.5 Å². The van der Waals surface area contributed by atoms with Gasteiger partial charge in [0.25, 0.3) is 0 Å². The van der Waals surface area contributed by atoms with Crippen LogP contribution >= 0.6 is 27.3 Å². The fourth-order valence-corrected chi connectivity index (χ4v) is 3.93. The van der Waals surface area contributed by atoms with Crippen LogP contribution in [0.25, 0.3) is 0 Å². The molecule has 5 nitrogen and oxygen atoms in total. The Labute approximate surface area is 128 Å². The Morgan fingerprint density at radius 3 is 2.80 bits per heavy atom. The van der Waals surface area contributed by atoms with Gasteiger partial charge in [0.2, 0.25) is 10.0 Å². The summed E-state index contributed by atoms with van der Waals surface area (Å²) in [7, 11) is -3.82. The Morgan fingerprint density at radius 2 is 2.20 bits per heavy atom. The first-order valence-electron chi connectivity index (χ1n) is 5.45. The fourth-order valence-electron chi connectivity index (χ4n) is 1.49. The Hall–Kier alpha value is -1.03. The molecule has 0 atom stereocenters. The number of benzene rings is 1. The molecule has 0 saturated carbocycles. The van der Waals surface area contributed by atoms with Crippen molar-refractivity contribution < 1.29 is 12.8 Å². The highest BCUT2D eigenvalue weighted by molar-refractivity contribution is 9.10. The summed E-state index contributed by atoms with van der Waals surface area (Å²) < 4.78 is 40.0. The number of nitrogen functional groups attached to an aromatic ring is 1. The predicted octanol–water partition coefficient (Wildman–Crippen LogP) is 2.41. The van der Waals surface area contributed by atoms with E-state index in [2.05, 4.69) is 25.6 Å². The van der Waals surface area contributed by atoms with E-state index in [0.717, 1.165) is 17.0 Å². The zero-order valence-electron chi connectivity index (χ0n) is 10.4. The predicted molar refractivity (Wildman–Crippen MR) is 79.4 cm³/mol. The Morgan fingerprint density at radius 1 is 1.50 bits per heavy atom. The maximum Gasteiger partial charge on any atom is 0.243 e. The molecule has 20 heavy (non-hydrogen) atoms. The number of rotatable bonds is 4. The third-order valence-corrected chi connectivity index (χ3v) is 5.40. The Bertz CT molecular complexity index is 746. The lowest BCUT2D eigenvalue weighted by Gasteiger charge is -2.09. The zero-order valence-corrected chi connectivity index (χ0v) is 13.6. The number of hydrogen-bond acceptors (Lipinski definition) is 5. The van der Waals surface area contributed by atoms with Gasteiger partial charge in [0.05, 0.1) is 16.7 Å². The second-order valence-corrected chi connectivity index (χ2v) is 7.90. The number of nitrogens with zero attached hydrogens (tertiary/aromatic N) is 1. The molecule has 0 amide bonds. The molecule has 2 aromatic rings. The SMILES string of the molecule is Cc1cnc(CNS(=O)(=O)c2cc(Br)c(F)cc2N)s1. The summed E-state index contributed by atoms with van der Waals surface area (Å²) in [5.41, 5.74) is 5.41. The van der Waals surface area contributed by atoms with E-state index in [1.54, 1.807) is 6.20 Å². The van der Waals surface area contributed by atoms with E-state index < -0.39 is 15.8 Å². The highest BCUT2D eigenvalue weighted by atomic mass is 79.9. The van der Waals surface area contributed by atoms with Crippen LogP contribution in [0.1, 0.15) is 9.88 Å². The van der Waals surface area contributed by atoms with Crippen molar-refractivity contribution in [2.75, 3.05) is 5.73 Å². The van der Waals surface area contributed by atoms with Crippen LogP contribution in [0.5, 0.6) is 0 Å². The van der Waals surface area contributed by atoms with E-state index in [1.807, 2.05) is 6.92 Å². The van der Waals surface area contributed by atoms with Crippen molar-refractivity contribution in [1.29, 1.82) is 0 Å². The summed E-state index contributed by atoms with van der Waals surface area (Å²) in [6.45, 7) is 1.94.